The van der Waals surface area contributed by atoms with Crippen molar-refractivity contribution in [2.75, 3.05) is 23.9 Å². The van der Waals surface area contributed by atoms with Crippen LogP contribution in [0.1, 0.15) is 28.8 Å². The van der Waals surface area contributed by atoms with Gasteiger partial charge in [0.25, 0.3) is 11.8 Å². The van der Waals surface area contributed by atoms with E-state index in [4.69, 9.17) is 0 Å². The largest absolute Gasteiger partial charge is 0.399 e. The summed E-state index contributed by atoms with van der Waals surface area (Å²) in [5, 5.41) is 6.34. The average Bonchev–Trinajstić information content (AvgIpc) is 3.08. The lowest BCUT2D eigenvalue weighted by atomic mass is 10.1. The van der Waals surface area contributed by atoms with E-state index in [0.29, 0.717) is 24.2 Å². The number of carbonyl (C=O) groups excluding carboxylic acids is 2. The summed E-state index contributed by atoms with van der Waals surface area (Å²) in [6.45, 7) is 4.03. The molecule has 0 bridgehead atoms. The average molecular weight is 417 g/mol. The molecule has 1 aromatic heterocycles. The van der Waals surface area contributed by atoms with Gasteiger partial charge >= 0.3 is 0 Å². The van der Waals surface area contributed by atoms with Crippen LogP contribution >= 0.6 is 0 Å². The molecule has 1 aliphatic rings. The fourth-order valence-corrected chi connectivity index (χ4v) is 3.66. The van der Waals surface area contributed by atoms with E-state index in [0.717, 1.165) is 28.5 Å². The van der Waals surface area contributed by atoms with E-state index in [2.05, 4.69) is 25.3 Å². The molecule has 0 aliphatic carbocycles. The highest BCUT2D eigenvalue weighted by Gasteiger charge is 2.26. The van der Waals surface area contributed by atoms with Crippen LogP contribution in [0.25, 0.3) is 11.3 Å². The zero-order valence-electron chi connectivity index (χ0n) is 17.6. The normalized spacial score (nSPS) is 13.1. The fourth-order valence-electron chi connectivity index (χ4n) is 3.66. The Morgan fingerprint density at radius 2 is 1.90 bits per heavy atom. The van der Waals surface area contributed by atoms with Crippen molar-refractivity contribution in [1.29, 1.82) is 0 Å². The lowest BCUT2D eigenvalue weighted by Gasteiger charge is -2.23. The Bertz CT molecular complexity index is 1160. The second kappa shape index (κ2) is 8.43. The van der Waals surface area contributed by atoms with E-state index >= 15 is 0 Å². The van der Waals surface area contributed by atoms with Crippen molar-refractivity contribution in [2.45, 2.75) is 20.3 Å². The first kappa shape index (κ1) is 20.3. The molecule has 0 saturated heterocycles. The van der Waals surface area contributed by atoms with Crippen LogP contribution in [0, 0.1) is 6.92 Å². The van der Waals surface area contributed by atoms with Crippen molar-refractivity contribution in [2.24, 2.45) is 5.16 Å². The molecule has 0 unspecified atom stereocenters. The molecule has 0 atom stereocenters. The highest BCUT2D eigenvalue weighted by molar-refractivity contribution is 6.42. The summed E-state index contributed by atoms with van der Waals surface area (Å²) in [6, 6.07) is 14.6. The number of oxime groups is 1. The summed E-state index contributed by atoms with van der Waals surface area (Å²) in [4.78, 5) is 39.7. The minimum absolute atomic E-state index is 0.107. The van der Waals surface area contributed by atoms with E-state index in [-0.39, 0.29) is 17.5 Å². The Morgan fingerprint density at radius 3 is 2.65 bits per heavy atom. The molecule has 0 saturated carbocycles. The highest BCUT2D eigenvalue weighted by Crippen LogP contribution is 2.35. The van der Waals surface area contributed by atoms with Crippen LogP contribution in [0.15, 0.2) is 53.7 Å². The number of amides is 2. The quantitative estimate of drug-likeness (QED) is 0.501. The summed E-state index contributed by atoms with van der Waals surface area (Å²) in [5.74, 6) is 0.388. The molecular weight excluding hydrogens is 394 g/mol. The van der Waals surface area contributed by atoms with Crippen LogP contribution in [0.5, 0.6) is 0 Å². The number of anilines is 2. The Hall–Kier alpha value is -3.94. The lowest BCUT2D eigenvalue weighted by Crippen LogP contribution is -2.32. The van der Waals surface area contributed by atoms with E-state index in [1.54, 1.807) is 36.1 Å². The van der Waals surface area contributed by atoms with Gasteiger partial charge in [-0.1, -0.05) is 23.4 Å². The first-order valence-electron chi connectivity index (χ1n) is 9.94. The Labute approximate surface area is 179 Å². The van der Waals surface area contributed by atoms with Crippen molar-refractivity contribution >= 4 is 28.9 Å². The molecule has 0 spiro atoms. The SMILES string of the molecule is CO/N=C(\C)C(=O)Nc1ccc(C(=O)N2CCc3[nH]c(C)nc3-c3ccccc32)cc1. The monoisotopic (exact) mass is 417 g/mol. The second-order valence-electron chi connectivity index (χ2n) is 7.26. The molecule has 4 rings (SSSR count). The molecule has 0 fully saturated rings. The molecule has 158 valence electrons. The van der Waals surface area contributed by atoms with E-state index in [1.807, 2.05) is 31.2 Å². The number of aryl methyl sites for hydroxylation is 1. The molecular formula is C23H23N5O3. The molecule has 2 heterocycles. The van der Waals surface area contributed by atoms with Crippen LogP contribution in [-0.2, 0) is 16.1 Å². The van der Waals surface area contributed by atoms with Crippen molar-refractivity contribution in [1.82, 2.24) is 9.97 Å². The van der Waals surface area contributed by atoms with Crippen LogP contribution < -0.4 is 10.2 Å². The van der Waals surface area contributed by atoms with E-state index in [1.165, 1.54) is 7.11 Å². The van der Waals surface area contributed by atoms with Crippen LogP contribution in [-0.4, -0.2) is 41.1 Å². The van der Waals surface area contributed by atoms with Crippen LogP contribution in [0.4, 0.5) is 11.4 Å². The van der Waals surface area contributed by atoms with Crippen molar-refractivity contribution in [3.63, 3.8) is 0 Å². The summed E-state index contributed by atoms with van der Waals surface area (Å²) in [7, 11) is 1.38. The third-order valence-electron chi connectivity index (χ3n) is 5.12. The van der Waals surface area contributed by atoms with Gasteiger partial charge in [0.2, 0.25) is 0 Å². The topological polar surface area (TPSA) is 99.7 Å². The van der Waals surface area contributed by atoms with Crippen molar-refractivity contribution in [3.05, 3.63) is 65.6 Å². The maximum absolute atomic E-state index is 13.4. The molecule has 2 N–H and O–H groups in total. The van der Waals surface area contributed by atoms with Gasteiger partial charge in [0.15, 0.2) is 0 Å². The van der Waals surface area contributed by atoms with Crippen LogP contribution in [0.3, 0.4) is 0 Å². The van der Waals surface area contributed by atoms with Crippen molar-refractivity contribution in [3.8, 4) is 11.3 Å². The zero-order chi connectivity index (χ0) is 22.0. The van der Waals surface area contributed by atoms with Gasteiger partial charge < -0.3 is 20.0 Å². The summed E-state index contributed by atoms with van der Waals surface area (Å²) in [6.07, 6.45) is 0.683. The molecule has 0 radical (unpaired) electrons. The van der Waals surface area contributed by atoms with Gasteiger partial charge in [-0.25, -0.2) is 4.98 Å². The summed E-state index contributed by atoms with van der Waals surface area (Å²) >= 11 is 0. The first-order chi connectivity index (χ1) is 15.0. The Balaban J connectivity index is 1.58. The van der Waals surface area contributed by atoms with Gasteiger partial charge in [-0.2, -0.15) is 0 Å². The number of nitrogens with one attached hydrogen (secondary N) is 2. The van der Waals surface area contributed by atoms with Crippen molar-refractivity contribution < 1.29 is 14.4 Å². The first-order valence-corrected chi connectivity index (χ1v) is 9.94. The fraction of sp³-hybridized carbons (Fsp3) is 0.217. The third-order valence-corrected chi connectivity index (χ3v) is 5.12. The van der Waals surface area contributed by atoms with Gasteiger partial charge in [0.1, 0.15) is 18.6 Å². The number of rotatable bonds is 4. The maximum Gasteiger partial charge on any atom is 0.273 e. The number of hydrogen-bond acceptors (Lipinski definition) is 5. The maximum atomic E-state index is 13.4. The van der Waals surface area contributed by atoms with Gasteiger partial charge in [-0.05, 0) is 44.2 Å². The highest BCUT2D eigenvalue weighted by atomic mass is 16.6. The van der Waals surface area contributed by atoms with E-state index in [9.17, 15) is 9.59 Å². The number of aromatic amines is 1. The molecule has 2 aromatic carbocycles. The molecule has 3 aromatic rings. The number of nitrogens with zero attached hydrogens (tertiary/aromatic N) is 3. The number of carbonyl (C=O) groups is 2. The van der Waals surface area contributed by atoms with Gasteiger partial charge in [0, 0.05) is 35.5 Å². The Kier molecular flexibility index (Phi) is 5.53. The Morgan fingerprint density at radius 1 is 1.16 bits per heavy atom. The number of fused-ring (bicyclic) bond motifs is 3. The number of hydrogen-bond donors (Lipinski definition) is 2. The van der Waals surface area contributed by atoms with Crippen LogP contribution in [0.2, 0.25) is 0 Å². The van der Waals surface area contributed by atoms with E-state index < -0.39 is 0 Å². The number of aromatic nitrogens is 2. The van der Waals surface area contributed by atoms with Gasteiger partial charge in [0.05, 0.1) is 11.4 Å². The molecule has 2 amide bonds. The molecule has 8 heteroatoms. The van der Waals surface area contributed by atoms with Gasteiger partial charge in [-0.3, -0.25) is 9.59 Å². The second-order valence-corrected chi connectivity index (χ2v) is 7.26. The summed E-state index contributed by atoms with van der Waals surface area (Å²) < 4.78 is 0. The zero-order valence-corrected chi connectivity index (χ0v) is 17.6. The third kappa shape index (κ3) is 4.05. The number of imidazole rings is 1. The predicted molar refractivity (Wildman–Crippen MR) is 119 cm³/mol. The summed E-state index contributed by atoms with van der Waals surface area (Å²) in [5.41, 5.74) is 5.01. The molecule has 31 heavy (non-hydrogen) atoms. The van der Waals surface area contributed by atoms with Gasteiger partial charge in [-0.15, -0.1) is 0 Å². The molecule has 1 aliphatic heterocycles. The predicted octanol–water partition coefficient (Wildman–Crippen LogP) is 3.55. The molecule has 8 nitrogen and oxygen atoms in total. The smallest absolute Gasteiger partial charge is 0.273 e. The number of H-pyrrole nitrogens is 1. The number of para-hydroxylation sites is 1. The minimum atomic E-state index is -0.369. The minimum Gasteiger partial charge on any atom is -0.399 e. The standard InChI is InChI=1S/C23H23N5O3/c1-14(27-31-3)22(29)26-17-10-8-16(9-11-17)23(30)28-13-12-19-21(25-15(2)24-19)18-6-4-5-7-20(18)28/h4-11H,12-13H2,1-3H3,(H,24,25)(H,26,29)/b27-14+. The lowest BCUT2D eigenvalue weighted by molar-refractivity contribution is -0.110. The number of benzene rings is 2.